The summed E-state index contributed by atoms with van der Waals surface area (Å²) in [6.45, 7) is 1.41. The van der Waals surface area contributed by atoms with Crippen molar-refractivity contribution in [3.63, 3.8) is 0 Å². The second-order valence-electron chi connectivity index (χ2n) is 5.16. The Morgan fingerprint density at radius 3 is 2.65 bits per heavy atom. The molecule has 1 aliphatic rings. The van der Waals surface area contributed by atoms with Gasteiger partial charge in [0.1, 0.15) is 0 Å². The lowest BCUT2D eigenvalue weighted by Gasteiger charge is -2.22. The molecule has 1 aromatic carbocycles. The zero-order valence-corrected chi connectivity index (χ0v) is 12.0. The summed E-state index contributed by atoms with van der Waals surface area (Å²) in [5, 5.41) is 10.1. The van der Waals surface area contributed by atoms with E-state index >= 15 is 0 Å². The lowest BCUT2D eigenvalue weighted by molar-refractivity contribution is 0.291. The Labute approximate surface area is 118 Å². The van der Waals surface area contributed by atoms with Crippen LogP contribution in [0.25, 0.3) is 0 Å². The smallest absolute Gasteiger partial charge is 0.210 e. The van der Waals surface area contributed by atoms with Crippen LogP contribution in [-0.2, 0) is 0 Å². The number of hydrogen-bond acceptors (Lipinski definition) is 5. The van der Waals surface area contributed by atoms with Crippen molar-refractivity contribution < 1.29 is 19.0 Å². The monoisotopic (exact) mass is 284 g/mol. The highest BCUT2D eigenvalue weighted by atomic mass is 19.1. The topological polar surface area (TPSA) is 68.0 Å². The number of ether oxygens (including phenoxy) is 2. The summed E-state index contributed by atoms with van der Waals surface area (Å²) >= 11 is 0. The van der Waals surface area contributed by atoms with E-state index in [-0.39, 0.29) is 23.3 Å². The molecule has 0 amide bonds. The molecule has 0 radical (unpaired) electrons. The number of hydrogen-bond donors (Lipinski definition) is 2. The minimum atomic E-state index is -0.786. The predicted molar refractivity (Wildman–Crippen MR) is 73.7 cm³/mol. The van der Waals surface area contributed by atoms with E-state index in [1.807, 2.05) is 7.05 Å². The van der Waals surface area contributed by atoms with Crippen LogP contribution in [0.15, 0.2) is 6.07 Å². The number of nitrogens with two attached hydrogens (primary N) is 1. The third kappa shape index (κ3) is 2.41. The molecule has 2 rings (SSSR count). The lowest BCUT2D eigenvalue weighted by atomic mass is 9.98. The third-order valence-electron chi connectivity index (χ3n) is 3.94. The Balaban J connectivity index is 2.44. The second kappa shape index (κ2) is 5.85. The maximum absolute atomic E-state index is 14.2. The molecular formula is C14H21FN2O3. The van der Waals surface area contributed by atoms with Crippen molar-refractivity contribution >= 4 is 0 Å². The molecule has 0 aromatic heterocycles. The first-order valence-corrected chi connectivity index (χ1v) is 6.57. The van der Waals surface area contributed by atoms with Gasteiger partial charge in [-0.25, -0.2) is 0 Å². The SMILES string of the molecule is COc1cc(C2CC(CN)CN2C)c(O)c(F)c1OC. The predicted octanol–water partition coefficient (Wildman–Crippen LogP) is 1.50. The van der Waals surface area contributed by atoms with E-state index in [0.717, 1.165) is 13.0 Å². The second-order valence-corrected chi connectivity index (χ2v) is 5.16. The fourth-order valence-electron chi connectivity index (χ4n) is 2.85. The van der Waals surface area contributed by atoms with Gasteiger partial charge in [-0.1, -0.05) is 0 Å². The molecule has 0 bridgehead atoms. The standard InChI is InChI=1S/C14H21FN2O3/c1-17-7-8(6-16)4-10(17)9-5-11(19-2)14(20-3)12(15)13(9)18/h5,8,10,18H,4,6-7,16H2,1-3H3. The Bertz CT molecular complexity index is 496. The van der Waals surface area contributed by atoms with Gasteiger partial charge in [0.15, 0.2) is 11.5 Å². The number of methoxy groups -OCH3 is 2. The summed E-state index contributed by atoms with van der Waals surface area (Å²) in [6, 6.07) is 1.56. The van der Waals surface area contributed by atoms with Crippen LogP contribution in [0, 0.1) is 11.7 Å². The molecule has 1 heterocycles. The van der Waals surface area contributed by atoms with Crippen LogP contribution in [0.2, 0.25) is 0 Å². The Hall–Kier alpha value is -1.53. The van der Waals surface area contributed by atoms with Crippen LogP contribution in [-0.4, -0.2) is 44.4 Å². The first-order chi connectivity index (χ1) is 9.53. The molecule has 1 fully saturated rings. The van der Waals surface area contributed by atoms with Crippen LogP contribution in [0.5, 0.6) is 17.2 Å². The van der Waals surface area contributed by atoms with Crippen molar-refractivity contribution in [1.82, 2.24) is 4.90 Å². The average Bonchev–Trinajstić information content (AvgIpc) is 2.82. The summed E-state index contributed by atoms with van der Waals surface area (Å²) < 4.78 is 24.3. The van der Waals surface area contributed by atoms with Crippen molar-refractivity contribution in [2.45, 2.75) is 12.5 Å². The van der Waals surface area contributed by atoms with E-state index in [9.17, 15) is 9.50 Å². The maximum Gasteiger partial charge on any atom is 0.210 e. The Kier molecular flexibility index (Phi) is 4.35. The van der Waals surface area contributed by atoms with Gasteiger partial charge in [-0.05, 0) is 32.0 Å². The first kappa shape index (κ1) is 14.9. The molecule has 1 saturated heterocycles. The van der Waals surface area contributed by atoms with Crippen LogP contribution < -0.4 is 15.2 Å². The van der Waals surface area contributed by atoms with E-state index < -0.39 is 5.82 Å². The molecule has 112 valence electrons. The lowest BCUT2D eigenvalue weighted by Crippen LogP contribution is -2.20. The summed E-state index contributed by atoms with van der Waals surface area (Å²) in [5.41, 5.74) is 6.21. The highest BCUT2D eigenvalue weighted by Gasteiger charge is 2.33. The highest BCUT2D eigenvalue weighted by Crippen LogP contribution is 2.45. The molecule has 2 unspecified atom stereocenters. The van der Waals surface area contributed by atoms with Crippen molar-refractivity contribution in [3.05, 3.63) is 17.4 Å². The van der Waals surface area contributed by atoms with Crippen LogP contribution in [0.3, 0.4) is 0 Å². The molecule has 0 aliphatic carbocycles. The molecule has 0 saturated carbocycles. The Morgan fingerprint density at radius 2 is 2.15 bits per heavy atom. The van der Waals surface area contributed by atoms with Crippen molar-refractivity contribution in [3.8, 4) is 17.2 Å². The number of nitrogens with zero attached hydrogens (tertiary/aromatic N) is 1. The van der Waals surface area contributed by atoms with Gasteiger partial charge in [0.05, 0.1) is 14.2 Å². The zero-order valence-electron chi connectivity index (χ0n) is 12.0. The van der Waals surface area contributed by atoms with Gasteiger partial charge in [-0.15, -0.1) is 0 Å². The van der Waals surface area contributed by atoms with E-state index in [0.29, 0.717) is 18.0 Å². The van der Waals surface area contributed by atoms with Gasteiger partial charge in [-0.2, -0.15) is 4.39 Å². The number of halogens is 1. The number of benzene rings is 1. The molecule has 20 heavy (non-hydrogen) atoms. The highest BCUT2D eigenvalue weighted by molar-refractivity contribution is 5.52. The normalized spacial score (nSPS) is 23.1. The molecule has 1 aliphatic heterocycles. The minimum absolute atomic E-state index is 0.0714. The molecule has 2 atom stereocenters. The fourth-order valence-corrected chi connectivity index (χ4v) is 2.85. The zero-order chi connectivity index (χ0) is 14.9. The number of likely N-dealkylation sites (tertiary alicyclic amines) is 1. The Morgan fingerprint density at radius 1 is 1.45 bits per heavy atom. The number of rotatable bonds is 4. The first-order valence-electron chi connectivity index (χ1n) is 6.57. The van der Waals surface area contributed by atoms with E-state index in [2.05, 4.69) is 4.90 Å². The molecular weight excluding hydrogens is 263 g/mol. The molecule has 0 spiro atoms. The van der Waals surface area contributed by atoms with E-state index in [1.165, 1.54) is 14.2 Å². The summed E-state index contributed by atoms with van der Waals surface area (Å²) in [5.74, 6) is -0.614. The average molecular weight is 284 g/mol. The van der Waals surface area contributed by atoms with Crippen molar-refractivity contribution in [2.75, 3.05) is 34.4 Å². The van der Waals surface area contributed by atoms with Gasteiger partial charge >= 0.3 is 0 Å². The largest absolute Gasteiger partial charge is 0.504 e. The molecule has 5 nitrogen and oxygen atoms in total. The van der Waals surface area contributed by atoms with Crippen molar-refractivity contribution in [1.29, 1.82) is 0 Å². The minimum Gasteiger partial charge on any atom is -0.504 e. The molecule has 6 heteroatoms. The van der Waals surface area contributed by atoms with E-state index in [4.69, 9.17) is 15.2 Å². The maximum atomic E-state index is 14.2. The van der Waals surface area contributed by atoms with E-state index in [1.54, 1.807) is 6.07 Å². The third-order valence-corrected chi connectivity index (χ3v) is 3.94. The molecule has 1 aromatic rings. The van der Waals surface area contributed by atoms with Crippen LogP contribution in [0.1, 0.15) is 18.0 Å². The number of aromatic hydroxyl groups is 1. The summed E-state index contributed by atoms with van der Waals surface area (Å²) in [6.07, 6.45) is 0.787. The van der Waals surface area contributed by atoms with Gasteiger partial charge in [0, 0.05) is 18.2 Å². The number of phenols is 1. The van der Waals surface area contributed by atoms with Gasteiger partial charge in [-0.3, -0.25) is 4.90 Å². The molecule has 3 N–H and O–H groups in total. The summed E-state index contributed by atoms with van der Waals surface area (Å²) in [7, 11) is 4.72. The quantitative estimate of drug-likeness (QED) is 0.877. The van der Waals surface area contributed by atoms with Crippen LogP contribution in [0.4, 0.5) is 4.39 Å². The van der Waals surface area contributed by atoms with Gasteiger partial charge < -0.3 is 20.3 Å². The number of phenolic OH excluding ortho intramolecular Hbond substituents is 1. The van der Waals surface area contributed by atoms with Gasteiger partial charge in [0.2, 0.25) is 11.6 Å². The summed E-state index contributed by atoms with van der Waals surface area (Å²) in [4.78, 5) is 2.07. The van der Waals surface area contributed by atoms with Gasteiger partial charge in [0.25, 0.3) is 0 Å². The fraction of sp³-hybridized carbons (Fsp3) is 0.571. The van der Waals surface area contributed by atoms with Crippen molar-refractivity contribution in [2.24, 2.45) is 11.7 Å². The van der Waals surface area contributed by atoms with Crippen LogP contribution >= 0.6 is 0 Å².